The third kappa shape index (κ3) is 12.5. The number of rotatable bonds is 14. The zero-order valence-corrected chi connectivity index (χ0v) is 33.8. The van der Waals surface area contributed by atoms with Gasteiger partial charge in [0.2, 0.25) is 0 Å². The first-order valence-electron chi connectivity index (χ1n) is 18.1. The van der Waals surface area contributed by atoms with E-state index in [1.54, 1.807) is 42.3 Å². The van der Waals surface area contributed by atoms with E-state index in [1.165, 1.54) is 12.1 Å². The minimum Gasteiger partial charge on any atom is -0.481 e. The van der Waals surface area contributed by atoms with E-state index in [0.29, 0.717) is 72.2 Å². The van der Waals surface area contributed by atoms with Crippen LogP contribution in [0.25, 0.3) is 10.8 Å². The first-order chi connectivity index (χ1) is 27.7. The van der Waals surface area contributed by atoms with Gasteiger partial charge in [0.15, 0.2) is 16.4 Å². The lowest BCUT2D eigenvalue weighted by Gasteiger charge is -2.34. The van der Waals surface area contributed by atoms with Crippen molar-refractivity contribution in [2.24, 2.45) is 0 Å². The van der Waals surface area contributed by atoms with E-state index in [1.807, 2.05) is 36.4 Å². The smallest absolute Gasteiger partial charge is 0.475 e. The predicted molar refractivity (Wildman–Crippen MR) is 214 cm³/mol. The van der Waals surface area contributed by atoms with E-state index in [-0.39, 0.29) is 22.6 Å². The van der Waals surface area contributed by atoms with E-state index >= 15 is 0 Å². The summed E-state index contributed by atoms with van der Waals surface area (Å²) in [5.41, 5.74) is -5.25. The standard InChI is InChI=1S/C35H32Cl2F3N3O2S.C6H8O7/c1-42(34(44)30-19-23(21-41)18-26-6-2-3-7-28(26)30)22-27(25-10-11-31(36)32(37)20-25)14-17-43-15-12-24(13-16-43)29-8-4-5-9-33(29)46(45)35(38,39)40;7-3(8)1-6(13,5(11)12)2-4(9)10/h2-11,18-20,24,27H,12-17,22H2,1H3;13H,1-2H2,(H,7,8)(H,9,10)(H,11,12). The molecule has 4 aromatic rings. The topological polar surface area (TPSA) is 197 Å². The zero-order valence-electron chi connectivity index (χ0n) is 31.5. The molecule has 0 saturated carbocycles. The Bertz CT molecular complexity index is 2250. The van der Waals surface area contributed by atoms with E-state index in [2.05, 4.69) is 11.0 Å². The van der Waals surface area contributed by atoms with Crippen molar-refractivity contribution in [2.45, 2.75) is 59.9 Å². The second kappa shape index (κ2) is 20.3. The van der Waals surface area contributed by atoms with Crippen molar-refractivity contribution < 1.29 is 57.0 Å². The number of amides is 1. The zero-order chi connectivity index (χ0) is 43.7. The normalized spacial score (nSPS) is 14.7. The van der Waals surface area contributed by atoms with Gasteiger partial charge in [-0.2, -0.15) is 18.4 Å². The van der Waals surface area contributed by atoms with E-state index in [9.17, 15) is 41.8 Å². The number of aliphatic hydroxyl groups is 1. The number of nitriles is 1. The quantitative estimate of drug-likeness (QED) is 0.0978. The number of carbonyl (C=O) groups excluding carboxylic acids is 1. The Balaban J connectivity index is 0.000000509. The van der Waals surface area contributed by atoms with Crippen molar-refractivity contribution in [1.29, 1.82) is 5.26 Å². The summed E-state index contributed by atoms with van der Waals surface area (Å²) in [5, 5.41) is 45.8. The van der Waals surface area contributed by atoms with Gasteiger partial charge in [0.25, 0.3) is 5.91 Å². The number of halogens is 5. The van der Waals surface area contributed by atoms with Crippen molar-refractivity contribution >= 4 is 68.6 Å². The molecule has 1 fully saturated rings. The first-order valence-corrected chi connectivity index (χ1v) is 20.0. The monoisotopic (exact) mass is 877 g/mol. The number of hydrogen-bond donors (Lipinski definition) is 4. The van der Waals surface area contributed by atoms with Crippen LogP contribution in [0.15, 0.2) is 83.8 Å². The molecular formula is C41H40Cl2F3N3O9S. The molecule has 2 atom stereocenters. The van der Waals surface area contributed by atoms with Gasteiger partial charge in [0.1, 0.15) is 0 Å². The summed E-state index contributed by atoms with van der Waals surface area (Å²) in [7, 11) is -1.33. The number of nitrogens with zero attached hydrogens (tertiary/aromatic N) is 3. The van der Waals surface area contributed by atoms with Crippen molar-refractivity contribution in [3.63, 3.8) is 0 Å². The Kier molecular flexibility index (Phi) is 16.0. The van der Waals surface area contributed by atoms with Crippen molar-refractivity contribution in [2.75, 3.05) is 33.2 Å². The summed E-state index contributed by atoms with van der Waals surface area (Å²) in [4.78, 5) is 48.1. The molecule has 0 aliphatic carbocycles. The molecule has 0 aromatic heterocycles. The molecule has 1 saturated heterocycles. The Morgan fingerprint density at radius 1 is 0.915 bits per heavy atom. The number of carboxylic acids is 3. The van der Waals surface area contributed by atoms with Crippen LogP contribution < -0.4 is 0 Å². The number of carboxylic acid groups (broad SMARTS) is 3. The molecular weight excluding hydrogens is 838 g/mol. The van der Waals surface area contributed by atoms with Gasteiger partial charge < -0.3 is 30.2 Å². The largest absolute Gasteiger partial charge is 0.481 e. The summed E-state index contributed by atoms with van der Waals surface area (Å²) in [6.07, 6.45) is -0.314. The average Bonchev–Trinajstić information content (AvgIpc) is 3.18. The van der Waals surface area contributed by atoms with Gasteiger partial charge in [0, 0.05) is 25.1 Å². The van der Waals surface area contributed by atoms with Gasteiger partial charge in [-0.1, -0.05) is 71.7 Å². The molecule has 1 heterocycles. The number of likely N-dealkylation sites (tertiary alicyclic amines) is 1. The number of benzene rings is 4. The molecule has 18 heteroatoms. The van der Waals surface area contributed by atoms with Crippen LogP contribution in [-0.4, -0.2) is 103 Å². The molecule has 4 aromatic carbocycles. The minimum atomic E-state index is -4.81. The average molecular weight is 879 g/mol. The fourth-order valence-electron chi connectivity index (χ4n) is 6.93. The Morgan fingerprint density at radius 2 is 1.53 bits per heavy atom. The van der Waals surface area contributed by atoms with Crippen LogP contribution in [0.4, 0.5) is 13.2 Å². The van der Waals surface area contributed by atoms with Gasteiger partial charge in [-0.25, -0.2) is 9.00 Å². The number of alkyl halides is 3. The van der Waals surface area contributed by atoms with E-state index in [4.69, 9.17) is 43.6 Å². The van der Waals surface area contributed by atoms with Crippen LogP contribution in [0.3, 0.4) is 0 Å². The highest BCUT2D eigenvalue weighted by molar-refractivity contribution is 7.86. The number of likely N-dealkylation sites (N-methyl/N-ethyl adjacent to an activating group) is 1. The van der Waals surface area contributed by atoms with Crippen LogP contribution in [0.1, 0.15) is 71.0 Å². The molecule has 0 radical (unpaired) electrons. The summed E-state index contributed by atoms with van der Waals surface area (Å²) in [6, 6.07) is 24.6. The molecule has 2 unspecified atom stereocenters. The van der Waals surface area contributed by atoms with Gasteiger partial charge in [0.05, 0.1) is 39.4 Å². The Morgan fingerprint density at radius 3 is 2.10 bits per heavy atom. The second-order valence-electron chi connectivity index (χ2n) is 14.0. The van der Waals surface area contributed by atoms with Crippen LogP contribution in [0.5, 0.6) is 0 Å². The fourth-order valence-corrected chi connectivity index (χ4v) is 8.14. The third-order valence-electron chi connectivity index (χ3n) is 9.91. The van der Waals surface area contributed by atoms with E-state index in [0.717, 1.165) is 16.3 Å². The van der Waals surface area contributed by atoms with Gasteiger partial charge in [-0.3, -0.25) is 14.4 Å². The maximum Gasteiger partial charge on any atom is 0.475 e. The lowest BCUT2D eigenvalue weighted by Crippen LogP contribution is -2.42. The second-order valence-corrected chi connectivity index (χ2v) is 16.3. The lowest BCUT2D eigenvalue weighted by atomic mass is 9.88. The molecule has 59 heavy (non-hydrogen) atoms. The maximum atomic E-state index is 13.8. The highest BCUT2D eigenvalue weighted by atomic mass is 35.5. The number of piperidine rings is 1. The van der Waals surface area contributed by atoms with Gasteiger partial charge in [-0.05, 0) is 97.0 Å². The van der Waals surface area contributed by atoms with Gasteiger partial charge >= 0.3 is 23.4 Å². The molecule has 1 aliphatic heterocycles. The fraction of sp³-hybridized carbons (Fsp3) is 0.341. The van der Waals surface area contributed by atoms with Crippen LogP contribution in [-0.2, 0) is 25.2 Å². The molecule has 5 rings (SSSR count). The highest BCUT2D eigenvalue weighted by Crippen LogP contribution is 2.37. The number of carbonyl (C=O) groups is 4. The molecule has 1 aliphatic rings. The summed E-state index contributed by atoms with van der Waals surface area (Å²) >= 11 is 12.6. The number of hydrogen-bond acceptors (Lipinski definition) is 8. The summed E-state index contributed by atoms with van der Waals surface area (Å²) < 4.78 is 52.0. The molecule has 12 nitrogen and oxygen atoms in total. The number of aliphatic carboxylic acids is 3. The number of fused-ring (bicyclic) bond motifs is 1. The van der Waals surface area contributed by atoms with Crippen LogP contribution in [0, 0.1) is 11.3 Å². The molecule has 0 bridgehead atoms. The predicted octanol–water partition coefficient (Wildman–Crippen LogP) is 7.52. The minimum absolute atomic E-state index is 0.0956. The molecule has 1 amide bonds. The van der Waals surface area contributed by atoms with Crippen LogP contribution in [0.2, 0.25) is 10.0 Å². The SMILES string of the molecule is CN(CC(CCN1CCC(c2ccccc2S(=O)C(F)(F)F)CC1)c1ccc(Cl)c(Cl)c1)C(=O)c1cc(C#N)cc2ccccc12.O=C(O)CC(O)(CC(=O)O)C(=O)O. The molecule has 314 valence electrons. The summed E-state index contributed by atoms with van der Waals surface area (Å²) in [6.45, 7) is 2.43. The summed E-state index contributed by atoms with van der Waals surface area (Å²) in [5.74, 6) is -5.43. The van der Waals surface area contributed by atoms with E-state index < -0.39 is 52.7 Å². The third-order valence-corrected chi connectivity index (χ3v) is 11.8. The Labute approximate surface area is 349 Å². The first kappa shape index (κ1) is 46.6. The lowest BCUT2D eigenvalue weighted by molar-refractivity contribution is -0.170. The van der Waals surface area contributed by atoms with Gasteiger partial charge in [-0.15, -0.1) is 0 Å². The Hall–Kier alpha value is -5.05. The van der Waals surface area contributed by atoms with Crippen molar-refractivity contribution in [1.82, 2.24) is 9.80 Å². The van der Waals surface area contributed by atoms with Crippen molar-refractivity contribution in [3.05, 3.63) is 111 Å². The maximum absolute atomic E-state index is 13.8. The van der Waals surface area contributed by atoms with Crippen molar-refractivity contribution in [3.8, 4) is 6.07 Å². The molecule has 0 spiro atoms. The van der Waals surface area contributed by atoms with Crippen LogP contribution >= 0.6 is 23.2 Å². The highest BCUT2D eigenvalue weighted by Gasteiger charge is 2.41. The molecule has 4 N–H and O–H groups in total.